The van der Waals surface area contributed by atoms with Gasteiger partial charge in [-0.15, -0.1) is 0 Å². The maximum Gasteiger partial charge on any atom is 0.169 e. The smallest absolute Gasteiger partial charge is 0.169 e. The van der Waals surface area contributed by atoms with E-state index < -0.39 is 0 Å². The average molecular weight is 234 g/mol. The van der Waals surface area contributed by atoms with Crippen LogP contribution in [0.4, 0.5) is 0 Å². The van der Waals surface area contributed by atoms with Crippen LogP contribution in [0.25, 0.3) is 0 Å². The molecule has 0 radical (unpaired) electrons. The molecule has 4 nitrogen and oxygen atoms in total. The maximum atomic E-state index is 10.8. The van der Waals surface area contributed by atoms with Crippen LogP contribution in [0.2, 0.25) is 0 Å². The van der Waals surface area contributed by atoms with Crippen molar-refractivity contribution in [2.45, 2.75) is 9.79 Å². The number of aromatic nitrogens is 2. The lowest BCUT2D eigenvalue weighted by Crippen LogP contribution is -1.96. The number of phenolic OH excluding ortho intramolecular Hbond substituents is 1. The average Bonchev–Trinajstić information content (AvgIpc) is 2.63. The predicted molar refractivity (Wildman–Crippen MR) is 60.8 cm³/mol. The SMILES string of the molecule is Cn1ncc(Sc2ccc(O)cc2)c1C=O. The van der Waals surface area contributed by atoms with E-state index in [9.17, 15) is 4.79 Å². The summed E-state index contributed by atoms with van der Waals surface area (Å²) < 4.78 is 1.54. The first-order valence-electron chi connectivity index (χ1n) is 4.65. The lowest BCUT2D eigenvalue weighted by Gasteiger charge is -2.00. The van der Waals surface area contributed by atoms with Gasteiger partial charge in [-0.25, -0.2) is 0 Å². The summed E-state index contributed by atoms with van der Waals surface area (Å²) in [7, 11) is 1.73. The third-order valence-corrected chi connectivity index (χ3v) is 3.17. The van der Waals surface area contributed by atoms with E-state index >= 15 is 0 Å². The first kappa shape index (κ1) is 10.8. The molecule has 16 heavy (non-hydrogen) atoms. The second-order valence-corrected chi connectivity index (χ2v) is 4.35. The van der Waals surface area contributed by atoms with E-state index in [0.29, 0.717) is 5.69 Å². The number of rotatable bonds is 3. The summed E-state index contributed by atoms with van der Waals surface area (Å²) in [5.74, 6) is 0.228. The predicted octanol–water partition coefficient (Wildman–Crippen LogP) is 2.09. The van der Waals surface area contributed by atoms with E-state index in [1.807, 2.05) is 0 Å². The number of carbonyl (C=O) groups excluding carboxylic acids is 1. The standard InChI is InChI=1S/C11H10N2O2S/c1-13-10(7-14)11(6-12-13)16-9-4-2-8(15)3-5-9/h2-7,15H,1H3. The molecule has 0 saturated heterocycles. The summed E-state index contributed by atoms with van der Waals surface area (Å²) >= 11 is 1.44. The molecule has 1 heterocycles. The molecule has 0 aliphatic heterocycles. The Morgan fingerprint density at radius 2 is 2.06 bits per heavy atom. The van der Waals surface area contributed by atoms with Crippen LogP contribution in [-0.4, -0.2) is 21.2 Å². The van der Waals surface area contributed by atoms with Crippen LogP contribution in [0.1, 0.15) is 10.5 Å². The van der Waals surface area contributed by atoms with Gasteiger partial charge in [0, 0.05) is 11.9 Å². The van der Waals surface area contributed by atoms with Gasteiger partial charge in [0.15, 0.2) is 6.29 Å². The van der Waals surface area contributed by atoms with Gasteiger partial charge in [0.05, 0.1) is 11.1 Å². The number of hydrogen-bond acceptors (Lipinski definition) is 4. The molecule has 0 aliphatic carbocycles. The summed E-state index contributed by atoms with van der Waals surface area (Å²) in [6.07, 6.45) is 2.44. The third-order valence-electron chi connectivity index (χ3n) is 2.13. The van der Waals surface area contributed by atoms with E-state index in [4.69, 9.17) is 5.11 Å². The van der Waals surface area contributed by atoms with Crippen LogP contribution in [0.15, 0.2) is 40.3 Å². The lowest BCUT2D eigenvalue weighted by atomic mass is 10.3. The maximum absolute atomic E-state index is 10.8. The van der Waals surface area contributed by atoms with Gasteiger partial charge in [0.25, 0.3) is 0 Å². The number of carbonyl (C=O) groups is 1. The highest BCUT2D eigenvalue weighted by molar-refractivity contribution is 7.99. The Hall–Kier alpha value is -1.75. The van der Waals surface area contributed by atoms with Gasteiger partial charge in [-0.3, -0.25) is 9.48 Å². The number of benzene rings is 1. The number of aromatic hydroxyl groups is 1. The first-order chi connectivity index (χ1) is 7.70. The fraction of sp³-hybridized carbons (Fsp3) is 0.0909. The van der Waals surface area contributed by atoms with Gasteiger partial charge in [-0.2, -0.15) is 5.10 Å². The van der Waals surface area contributed by atoms with Crippen molar-refractivity contribution in [3.8, 4) is 5.75 Å². The van der Waals surface area contributed by atoms with Crippen LogP contribution in [-0.2, 0) is 7.05 Å². The molecule has 1 aromatic carbocycles. The van der Waals surface area contributed by atoms with E-state index in [2.05, 4.69) is 5.10 Å². The molecule has 0 saturated carbocycles. The molecule has 0 fully saturated rings. The Morgan fingerprint density at radius 1 is 1.38 bits per heavy atom. The molecule has 0 atom stereocenters. The van der Waals surface area contributed by atoms with Gasteiger partial charge in [-0.1, -0.05) is 11.8 Å². The minimum atomic E-state index is 0.228. The molecule has 5 heteroatoms. The highest BCUT2D eigenvalue weighted by atomic mass is 32.2. The Kier molecular flexibility index (Phi) is 2.96. The molecule has 0 unspecified atom stereocenters. The van der Waals surface area contributed by atoms with Gasteiger partial charge < -0.3 is 5.11 Å². The number of aldehydes is 1. The van der Waals surface area contributed by atoms with Gasteiger partial charge >= 0.3 is 0 Å². The fourth-order valence-corrected chi connectivity index (χ4v) is 2.19. The number of aryl methyl sites for hydroxylation is 1. The highest BCUT2D eigenvalue weighted by Crippen LogP contribution is 2.30. The largest absolute Gasteiger partial charge is 0.508 e. The van der Waals surface area contributed by atoms with E-state index in [1.54, 1.807) is 37.5 Å². The summed E-state index contributed by atoms with van der Waals surface area (Å²) in [6, 6.07) is 6.81. The molecule has 1 aromatic heterocycles. The number of nitrogens with zero attached hydrogens (tertiary/aromatic N) is 2. The Labute approximate surface area is 96.9 Å². The minimum absolute atomic E-state index is 0.228. The van der Waals surface area contributed by atoms with Crippen molar-refractivity contribution in [1.29, 1.82) is 0 Å². The number of hydrogen-bond donors (Lipinski definition) is 1. The van der Waals surface area contributed by atoms with Gasteiger partial charge in [-0.05, 0) is 24.3 Å². The molecular weight excluding hydrogens is 224 g/mol. The molecule has 0 spiro atoms. The molecule has 2 aromatic rings. The summed E-state index contributed by atoms with van der Waals surface area (Å²) in [5.41, 5.74) is 0.554. The van der Waals surface area contributed by atoms with E-state index in [1.165, 1.54) is 16.4 Å². The van der Waals surface area contributed by atoms with Crippen LogP contribution >= 0.6 is 11.8 Å². The minimum Gasteiger partial charge on any atom is -0.508 e. The zero-order chi connectivity index (χ0) is 11.5. The normalized spacial score (nSPS) is 10.3. The van der Waals surface area contributed by atoms with Crippen molar-refractivity contribution in [3.05, 3.63) is 36.2 Å². The van der Waals surface area contributed by atoms with Crippen molar-refractivity contribution in [2.75, 3.05) is 0 Å². The first-order valence-corrected chi connectivity index (χ1v) is 5.46. The Morgan fingerprint density at radius 3 is 2.69 bits per heavy atom. The highest BCUT2D eigenvalue weighted by Gasteiger charge is 2.08. The van der Waals surface area contributed by atoms with Crippen molar-refractivity contribution in [1.82, 2.24) is 9.78 Å². The summed E-state index contributed by atoms with van der Waals surface area (Å²) in [4.78, 5) is 12.6. The lowest BCUT2D eigenvalue weighted by molar-refractivity contribution is 0.111. The van der Waals surface area contributed by atoms with E-state index in [0.717, 1.165) is 16.1 Å². The van der Waals surface area contributed by atoms with Crippen molar-refractivity contribution in [3.63, 3.8) is 0 Å². The zero-order valence-electron chi connectivity index (χ0n) is 8.62. The second-order valence-electron chi connectivity index (χ2n) is 3.23. The zero-order valence-corrected chi connectivity index (χ0v) is 9.44. The van der Waals surface area contributed by atoms with Crippen LogP contribution in [0.5, 0.6) is 5.75 Å². The molecule has 2 rings (SSSR count). The Balaban J connectivity index is 2.26. The number of phenols is 1. The fourth-order valence-electron chi connectivity index (χ4n) is 1.28. The molecule has 0 amide bonds. The second kappa shape index (κ2) is 4.40. The van der Waals surface area contributed by atoms with Crippen molar-refractivity contribution < 1.29 is 9.90 Å². The topological polar surface area (TPSA) is 55.1 Å². The molecule has 1 N–H and O–H groups in total. The summed E-state index contributed by atoms with van der Waals surface area (Å²) in [5, 5.41) is 13.2. The summed E-state index contributed by atoms with van der Waals surface area (Å²) in [6.45, 7) is 0. The quantitative estimate of drug-likeness (QED) is 0.826. The van der Waals surface area contributed by atoms with Crippen LogP contribution < -0.4 is 0 Å². The monoisotopic (exact) mass is 234 g/mol. The van der Waals surface area contributed by atoms with Gasteiger partial charge in [0.1, 0.15) is 11.4 Å². The molecule has 0 aliphatic rings. The van der Waals surface area contributed by atoms with Crippen LogP contribution in [0, 0.1) is 0 Å². The Bertz CT molecular complexity index is 505. The molecule has 82 valence electrons. The van der Waals surface area contributed by atoms with Crippen molar-refractivity contribution >= 4 is 18.0 Å². The van der Waals surface area contributed by atoms with E-state index in [-0.39, 0.29) is 5.75 Å². The van der Waals surface area contributed by atoms with Gasteiger partial charge in [0.2, 0.25) is 0 Å². The molecule has 0 bridgehead atoms. The van der Waals surface area contributed by atoms with Crippen molar-refractivity contribution in [2.24, 2.45) is 7.05 Å². The third kappa shape index (κ3) is 2.09. The molecular formula is C11H10N2O2S. The van der Waals surface area contributed by atoms with Crippen LogP contribution in [0.3, 0.4) is 0 Å².